The van der Waals surface area contributed by atoms with Crippen LogP contribution in [0.25, 0.3) is 0 Å². The van der Waals surface area contributed by atoms with E-state index >= 15 is 0 Å². The smallest absolute Gasteiger partial charge is 0.195 e. The maximum Gasteiger partial charge on any atom is 0.195 e. The predicted molar refractivity (Wildman–Crippen MR) is 54.2 cm³/mol. The van der Waals surface area contributed by atoms with E-state index in [0.717, 1.165) is 16.7 Å². The zero-order valence-electron chi connectivity index (χ0n) is 7.51. The lowest BCUT2D eigenvalue weighted by molar-refractivity contribution is 1.26. The molecular formula is C10H12OS. The standard InChI is InChI=1S/C10H12OS/c1-6-4-7(2)9(11)10(12)8(3)5-6/h4-5H,1-3H3,(H,11,12). The average molecular weight is 180 g/mol. The Balaban J connectivity index is 3.69. The first-order valence-electron chi connectivity index (χ1n) is 3.83. The fraction of sp³-hybridized carbons (Fsp3) is 0.300. The van der Waals surface area contributed by atoms with Gasteiger partial charge < -0.3 is 0 Å². The number of aryl methyl sites for hydroxylation is 3. The molecule has 1 aromatic rings. The monoisotopic (exact) mass is 180 g/mol. The van der Waals surface area contributed by atoms with Crippen molar-refractivity contribution >= 4 is 12.6 Å². The highest BCUT2D eigenvalue weighted by atomic mass is 32.1. The van der Waals surface area contributed by atoms with Gasteiger partial charge in [0.05, 0.1) is 4.90 Å². The summed E-state index contributed by atoms with van der Waals surface area (Å²) in [5.74, 6) is 0. The van der Waals surface area contributed by atoms with E-state index in [1.807, 2.05) is 32.9 Å². The molecule has 0 radical (unpaired) electrons. The van der Waals surface area contributed by atoms with Crippen molar-refractivity contribution in [2.24, 2.45) is 0 Å². The molecule has 0 saturated heterocycles. The Bertz CT molecular complexity index is 369. The summed E-state index contributed by atoms with van der Waals surface area (Å²) >= 11 is 4.16. The van der Waals surface area contributed by atoms with E-state index in [-0.39, 0.29) is 5.43 Å². The Hall–Kier alpha value is -0.760. The average Bonchev–Trinajstić information content (AvgIpc) is 2.05. The third-order valence-corrected chi connectivity index (χ3v) is 2.39. The van der Waals surface area contributed by atoms with Crippen LogP contribution in [0.1, 0.15) is 16.7 Å². The van der Waals surface area contributed by atoms with Crippen LogP contribution in [0.5, 0.6) is 0 Å². The van der Waals surface area contributed by atoms with Gasteiger partial charge in [-0.3, -0.25) is 4.79 Å². The van der Waals surface area contributed by atoms with Crippen molar-refractivity contribution in [3.05, 3.63) is 39.0 Å². The van der Waals surface area contributed by atoms with Gasteiger partial charge in [-0.2, -0.15) is 0 Å². The van der Waals surface area contributed by atoms with Gasteiger partial charge in [0.15, 0.2) is 5.43 Å². The predicted octanol–water partition coefficient (Wildman–Crippen LogP) is 2.26. The zero-order valence-corrected chi connectivity index (χ0v) is 8.40. The molecular weight excluding hydrogens is 168 g/mol. The Morgan fingerprint density at radius 1 is 1.08 bits per heavy atom. The first-order chi connectivity index (χ1) is 5.52. The Kier molecular flexibility index (Phi) is 2.58. The second kappa shape index (κ2) is 3.31. The summed E-state index contributed by atoms with van der Waals surface area (Å²) in [7, 11) is 0. The minimum absolute atomic E-state index is 0.0314. The molecule has 0 atom stereocenters. The minimum atomic E-state index is 0.0314. The van der Waals surface area contributed by atoms with Crippen molar-refractivity contribution < 1.29 is 0 Å². The number of hydrogen-bond donors (Lipinski definition) is 1. The summed E-state index contributed by atoms with van der Waals surface area (Å²) < 4.78 is 0. The maximum absolute atomic E-state index is 11.5. The van der Waals surface area contributed by atoms with E-state index < -0.39 is 0 Å². The largest absolute Gasteiger partial charge is 0.288 e. The van der Waals surface area contributed by atoms with Gasteiger partial charge in [0.2, 0.25) is 0 Å². The van der Waals surface area contributed by atoms with Crippen molar-refractivity contribution in [2.75, 3.05) is 0 Å². The second-order valence-corrected chi connectivity index (χ2v) is 3.52. The molecule has 0 unspecified atom stereocenters. The van der Waals surface area contributed by atoms with Crippen molar-refractivity contribution in [1.82, 2.24) is 0 Å². The van der Waals surface area contributed by atoms with Gasteiger partial charge in [-0.1, -0.05) is 17.7 Å². The number of rotatable bonds is 0. The fourth-order valence-electron chi connectivity index (χ4n) is 1.22. The molecule has 0 spiro atoms. The molecule has 0 N–H and O–H groups in total. The summed E-state index contributed by atoms with van der Waals surface area (Å²) in [5.41, 5.74) is 2.82. The Labute approximate surface area is 77.9 Å². The third-order valence-electron chi connectivity index (χ3n) is 1.84. The quantitative estimate of drug-likeness (QED) is 0.606. The van der Waals surface area contributed by atoms with E-state index in [1.165, 1.54) is 0 Å². The van der Waals surface area contributed by atoms with Crippen LogP contribution < -0.4 is 5.43 Å². The van der Waals surface area contributed by atoms with Gasteiger partial charge in [0, 0.05) is 0 Å². The molecule has 0 saturated carbocycles. The molecule has 0 bridgehead atoms. The van der Waals surface area contributed by atoms with Gasteiger partial charge >= 0.3 is 0 Å². The summed E-state index contributed by atoms with van der Waals surface area (Å²) in [6, 6.07) is 3.85. The minimum Gasteiger partial charge on any atom is -0.288 e. The van der Waals surface area contributed by atoms with Gasteiger partial charge in [-0.25, -0.2) is 0 Å². The molecule has 0 aliphatic carbocycles. The van der Waals surface area contributed by atoms with E-state index in [1.54, 1.807) is 0 Å². The Morgan fingerprint density at radius 2 is 1.58 bits per heavy atom. The molecule has 2 heteroatoms. The van der Waals surface area contributed by atoms with Crippen molar-refractivity contribution in [3.63, 3.8) is 0 Å². The van der Waals surface area contributed by atoms with Crippen LogP contribution in [-0.4, -0.2) is 0 Å². The topological polar surface area (TPSA) is 17.1 Å². The lowest BCUT2D eigenvalue weighted by Crippen LogP contribution is -2.02. The normalized spacial score (nSPS) is 10.0. The van der Waals surface area contributed by atoms with Gasteiger partial charge in [-0.05, 0) is 31.9 Å². The van der Waals surface area contributed by atoms with E-state index in [4.69, 9.17) is 0 Å². The van der Waals surface area contributed by atoms with Crippen LogP contribution in [0.2, 0.25) is 0 Å². The third kappa shape index (κ3) is 1.69. The maximum atomic E-state index is 11.5. The van der Waals surface area contributed by atoms with Crippen molar-refractivity contribution in [1.29, 1.82) is 0 Å². The van der Waals surface area contributed by atoms with Crippen LogP contribution in [0.3, 0.4) is 0 Å². The first kappa shape index (κ1) is 9.33. The highest BCUT2D eigenvalue weighted by Gasteiger charge is 2.00. The van der Waals surface area contributed by atoms with Crippen LogP contribution >= 0.6 is 12.6 Å². The molecule has 0 amide bonds. The lowest BCUT2D eigenvalue weighted by Gasteiger charge is -1.88. The van der Waals surface area contributed by atoms with E-state index in [0.29, 0.717) is 4.90 Å². The fourth-order valence-corrected chi connectivity index (χ4v) is 1.47. The molecule has 0 aliphatic rings. The molecule has 0 fully saturated rings. The van der Waals surface area contributed by atoms with E-state index in [2.05, 4.69) is 12.6 Å². The van der Waals surface area contributed by atoms with Gasteiger partial charge in [-0.15, -0.1) is 12.6 Å². The summed E-state index contributed by atoms with van der Waals surface area (Å²) in [6.07, 6.45) is 0. The van der Waals surface area contributed by atoms with E-state index in [9.17, 15) is 4.79 Å². The van der Waals surface area contributed by atoms with Crippen LogP contribution in [-0.2, 0) is 0 Å². The lowest BCUT2D eigenvalue weighted by atomic mass is 10.2. The van der Waals surface area contributed by atoms with Crippen LogP contribution in [0, 0.1) is 20.8 Å². The van der Waals surface area contributed by atoms with Crippen molar-refractivity contribution in [3.8, 4) is 0 Å². The van der Waals surface area contributed by atoms with Crippen molar-refractivity contribution in [2.45, 2.75) is 25.7 Å². The summed E-state index contributed by atoms with van der Waals surface area (Å²) in [6.45, 7) is 5.69. The Morgan fingerprint density at radius 3 is 2.17 bits per heavy atom. The van der Waals surface area contributed by atoms with Gasteiger partial charge in [0.25, 0.3) is 0 Å². The second-order valence-electron chi connectivity index (χ2n) is 3.08. The highest BCUT2D eigenvalue weighted by molar-refractivity contribution is 7.80. The molecule has 1 nitrogen and oxygen atoms in total. The summed E-state index contributed by atoms with van der Waals surface area (Å²) in [5, 5.41) is 0. The first-order valence-corrected chi connectivity index (χ1v) is 4.28. The molecule has 1 aromatic carbocycles. The molecule has 0 heterocycles. The molecule has 12 heavy (non-hydrogen) atoms. The zero-order chi connectivity index (χ0) is 9.30. The SMILES string of the molecule is Cc1cc(C)c(S)c(=O)c(C)c1. The van der Waals surface area contributed by atoms with Crippen LogP contribution in [0.4, 0.5) is 0 Å². The molecule has 64 valence electrons. The highest BCUT2D eigenvalue weighted by Crippen LogP contribution is 2.09. The van der Waals surface area contributed by atoms with Crippen LogP contribution in [0.15, 0.2) is 21.8 Å². The molecule has 0 aromatic heterocycles. The molecule has 0 aliphatic heterocycles. The number of thiol groups is 1. The molecule has 1 rings (SSSR count). The summed E-state index contributed by atoms with van der Waals surface area (Å²) in [4.78, 5) is 12.0. The van der Waals surface area contributed by atoms with Gasteiger partial charge in [0.1, 0.15) is 0 Å². The number of hydrogen-bond acceptors (Lipinski definition) is 2.